The standard InChI is InChI=1S/C13H15F2NO4S/c14-9-2-1-8(7-10(9)15)21-6-4-12(18)16-11(3-5-17)13(19)20/h1-2,7,11,17H,3-6H2,(H,16,18)(H,19,20)/t11-/m1/s1. The van der Waals surface area contributed by atoms with Gasteiger partial charge in [0.15, 0.2) is 11.6 Å². The predicted octanol–water partition coefficient (Wildman–Crippen LogP) is 1.40. The fourth-order valence-corrected chi connectivity index (χ4v) is 2.36. The number of carboxylic acids is 1. The number of benzene rings is 1. The van der Waals surface area contributed by atoms with Crippen LogP contribution in [0, 0.1) is 11.6 Å². The van der Waals surface area contributed by atoms with E-state index in [-0.39, 0.29) is 19.4 Å². The lowest BCUT2D eigenvalue weighted by atomic mass is 10.2. The summed E-state index contributed by atoms with van der Waals surface area (Å²) in [5, 5.41) is 19.8. The summed E-state index contributed by atoms with van der Waals surface area (Å²) in [7, 11) is 0. The SMILES string of the molecule is O=C(CCSc1ccc(F)c(F)c1)N[C@H](CCO)C(=O)O. The van der Waals surface area contributed by atoms with Crippen LogP contribution in [0.1, 0.15) is 12.8 Å². The van der Waals surface area contributed by atoms with Crippen molar-refractivity contribution in [1.29, 1.82) is 0 Å². The van der Waals surface area contributed by atoms with Crippen LogP contribution in [0.25, 0.3) is 0 Å². The van der Waals surface area contributed by atoms with Crippen LogP contribution in [0.5, 0.6) is 0 Å². The van der Waals surface area contributed by atoms with Crippen molar-refractivity contribution in [2.45, 2.75) is 23.8 Å². The number of carboxylic acid groups (broad SMARTS) is 1. The molecule has 0 spiro atoms. The molecule has 1 rings (SSSR count). The highest BCUT2D eigenvalue weighted by Gasteiger charge is 2.18. The number of hydrogen-bond acceptors (Lipinski definition) is 4. The molecule has 1 atom stereocenters. The Balaban J connectivity index is 2.39. The van der Waals surface area contributed by atoms with Crippen molar-refractivity contribution in [2.24, 2.45) is 0 Å². The highest BCUT2D eigenvalue weighted by atomic mass is 32.2. The van der Waals surface area contributed by atoms with Crippen molar-refractivity contribution < 1.29 is 28.6 Å². The number of aliphatic hydroxyl groups is 1. The molecule has 21 heavy (non-hydrogen) atoms. The molecule has 116 valence electrons. The van der Waals surface area contributed by atoms with Crippen LogP contribution in [0.3, 0.4) is 0 Å². The Morgan fingerprint density at radius 3 is 2.57 bits per heavy atom. The van der Waals surface area contributed by atoms with Gasteiger partial charge in [0.2, 0.25) is 5.91 Å². The molecule has 0 aliphatic carbocycles. The maximum absolute atomic E-state index is 13.0. The van der Waals surface area contributed by atoms with Gasteiger partial charge in [0.25, 0.3) is 0 Å². The van der Waals surface area contributed by atoms with Crippen molar-refractivity contribution in [1.82, 2.24) is 5.32 Å². The fourth-order valence-electron chi connectivity index (χ4n) is 1.48. The van der Waals surface area contributed by atoms with Gasteiger partial charge in [-0.3, -0.25) is 4.79 Å². The summed E-state index contributed by atoms with van der Waals surface area (Å²) in [5.41, 5.74) is 0. The third-order valence-corrected chi connectivity index (χ3v) is 3.54. The number of hydrogen-bond donors (Lipinski definition) is 3. The summed E-state index contributed by atoms with van der Waals surface area (Å²) in [5.74, 6) is -3.30. The highest BCUT2D eigenvalue weighted by Crippen LogP contribution is 2.20. The molecular formula is C13H15F2NO4S. The molecule has 8 heteroatoms. The van der Waals surface area contributed by atoms with E-state index >= 15 is 0 Å². The molecule has 1 aromatic rings. The Bertz CT molecular complexity index is 513. The monoisotopic (exact) mass is 319 g/mol. The van der Waals surface area contributed by atoms with Gasteiger partial charge in [0.1, 0.15) is 6.04 Å². The topological polar surface area (TPSA) is 86.6 Å². The minimum Gasteiger partial charge on any atom is -0.480 e. The lowest BCUT2D eigenvalue weighted by molar-refractivity contribution is -0.142. The summed E-state index contributed by atoms with van der Waals surface area (Å²) in [6, 6.07) is 2.30. The van der Waals surface area contributed by atoms with E-state index in [1.807, 2.05) is 0 Å². The van der Waals surface area contributed by atoms with Crippen LogP contribution in [-0.4, -0.2) is 40.5 Å². The van der Waals surface area contributed by atoms with E-state index in [1.165, 1.54) is 6.07 Å². The fraction of sp³-hybridized carbons (Fsp3) is 0.385. The van der Waals surface area contributed by atoms with Gasteiger partial charge in [0, 0.05) is 30.1 Å². The number of amides is 1. The van der Waals surface area contributed by atoms with E-state index in [0.29, 0.717) is 10.6 Å². The number of rotatable bonds is 8. The Labute approximate surface area is 124 Å². The van der Waals surface area contributed by atoms with E-state index in [2.05, 4.69) is 5.32 Å². The lowest BCUT2D eigenvalue weighted by Crippen LogP contribution is -2.41. The van der Waals surface area contributed by atoms with Gasteiger partial charge >= 0.3 is 5.97 Å². The van der Waals surface area contributed by atoms with Crippen molar-refractivity contribution in [3.63, 3.8) is 0 Å². The number of thioether (sulfide) groups is 1. The molecule has 5 nitrogen and oxygen atoms in total. The molecule has 0 saturated carbocycles. The van der Waals surface area contributed by atoms with Crippen molar-refractivity contribution >= 4 is 23.6 Å². The average Bonchev–Trinajstić information content (AvgIpc) is 2.42. The van der Waals surface area contributed by atoms with E-state index in [0.717, 1.165) is 23.9 Å². The summed E-state index contributed by atoms with van der Waals surface area (Å²) in [6.45, 7) is -0.346. The quantitative estimate of drug-likeness (QED) is 0.631. The van der Waals surface area contributed by atoms with Crippen LogP contribution >= 0.6 is 11.8 Å². The van der Waals surface area contributed by atoms with Crippen molar-refractivity contribution in [3.8, 4) is 0 Å². The van der Waals surface area contributed by atoms with Gasteiger partial charge in [-0.15, -0.1) is 11.8 Å². The molecule has 0 aromatic heterocycles. The van der Waals surface area contributed by atoms with E-state index in [9.17, 15) is 18.4 Å². The van der Waals surface area contributed by atoms with Crippen LogP contribution < -0.4 is 5.32 Å². The Morgan fingerprint density at radius 2 is 2.00 bits per heavy atom. The van der Waals surface area contributed by atoms with E-state index in [1.54, 1.807) is 0 Å². The van der Waals surface area contributed by atoms with E-state index < -0.39 is 29.6 Å². The summed E-state index contributed by atoms with van der Waals surface area (Å²) < 4.78 is 25.7. The first-order valence-electron chi connectivity index (χ1n) is 6.15. The van der Waals surface area contributed by atoms with Crippen molar-refractivity contribution in [2.75, 3.05) is 12.4 Å². The number of halogens is 2. The number of nitrogens with one attached hydrogen (secondary N) is 1. The first-order chi connectivity index (χ1) is 9.93. The molecule has 0 fully saturated rings. The molecule has 0 saturated heterocycles. The second-order valence-corrected chi connectivity index (χ2v) is 5.31. The number of aliphatic hydroxyl groups excluding tert-OH is 1. The van der Waals surface area contributed by atoms with Gasteiger partial charge in [-0.05, 0) is 18.2 Å². The molecule has 0 heterocycles. The average molecular weight is 319 g/mol. The lowest BCUT2D eigenvalue weighted by Gasteiger charge is -2.12. The molecule has 0 aliphatic rings. The maximum atomic E-state index is 13.0. The number of aliphatic carboxylic acids is 1. The molecular weight excluding hydrogens is 304 g/mol. The first kappa shape index (κ1) is 17.4. The minimum atomic E-state index is -1.22. The van der Waals surface area contributed by atoms with Gasteiger partial charge < -0.3 is 15.5 Å². The zero-order valence-corrected chi connectivity index (χ0v) is 11.8. The summed E-state index contributed by atoms with van der Waals surface area (Å²) in [4.78, 5) is 22.8. The zero-order chi connectivity index (χ0) is 15.8. The van der Waals surface area contributed by atoms with Crippen LogP contribution in [0.4, 0.5) is 8.78 Å². The third kappa shape index (κ3) is 6.09. The zero-order valence-electron chi connectivity index (χ0n) is 11.0. The maximum Gasteiger partial charge on any atom is 0.326 e. The van der Waals surface area contributed by atoms with Gasteiger partial charge in [-0.2, -0.15) is 0 Å². The third-order valence-electron chi connectivity index (χ3n) is 2.54. The molecule has 1 amide bonds. The Morgan fingerprint density at radius 1 is 1.29 bits per heavy atom. The number of carbonyl (C=O) groups is 2. The number of carbonyl (C=O) groups excluding carboxylic acids is 1. The largest absolute Gasteiger partial charge is 0.480 e. The second-order valence-electron chi connectivity index (χ2n) is 4.14. The molecule has 0 radical (unpaired) electrons. The summed E-state index contributed by atoms with van der Waals surface area (Å²) in [6.07, 6.45) is -0.0454. The van der Waals surface area contributed by atoms with E-state index in [4.69, 9.17) is 10.2 Å². The van der Waals surface area contributed by atoms with Crippen molar-refractivity contribution in [3.05, 3.63) is 29.8 Å². The molecule has 0 aliphatic heterocycles. The van der Waals surface area contributed by atoms with Gasteiger partial charge in [-0.25, -0.2) is 13.6 Å². The molecule has 1 aromatic carbocycles. The van der Waals surface area contributed by atoms with Crippen LogP contribution in [0.2, 0.25) is 0 Å². The first-order valence-corrected chi connectivity index (χ1v) is 7.13. The van der Waals surface area contributed by atoms with Crippen LogP contribution in [-0.2, 0) is 9.59 Å². The minimum absolute atomic E-state index is 0.0267. The Kier molecular flexibility index (Phi) is 7.10. The van der Waals surface area contributed by atoms with Gasteiger partial charge in [0.05, 0.1) is 0 Å². The molecule has 0 bridgehead atoms. The predicted molar refractivity (Wildman–Crippen MR) is 73.0 cm³/mol. The highest BCUT2D eigenvalue weighted by molar-refractivity contribution is 7.99. The van der Waals surface area contributed by atoms with Gasteiger partial charge in [-0.1, -0.05) is 0 Å². The molecule has 0 unspecified atom stereocenters. The molecule has 3 N–H and O–H groups in total. The Hall–Kier alpha value is -1.67. The normalized spacial score (nSPS) is 12.0. The second kappa shape index (κ2) is 8.58. The summed E-state index contributed by atoms with van der Waals surface area (Å²) >= 11 is 1.16. The van der Waals surface area contributed by atoms with Crippen LogP contribution in [0.15, 0.2) is 23.1 Å². The smallest absolute Gasteiger partial charge is 0.326 e.